The van der Waals surface area contributed by atoms with Crippen molar-refractivity contribution in [3.8, 4) is 27.9 Å². The average Bonchev–Trinajstić information content (AvgIpc) is 3.73. The predicted molar refractivity (Wildman–Crippen MR) is 218 cm³/mol. The molecule has 240 valence electrons. The van der Waals surface area contributed by atoms with E-state index in [0.29, 0.717) is 0 Å². The fraction of sp³-hybridized carbons (Fsp3) is 0.0217. The van der Waals surface area contributed by atoms with Crippen LogP contribution in [0.1, 0.15) is 5.82 Å². The maximum atomic E-state index is 16.0. The molecule has 0 aliphatic carbocycles. The van der Waals surface area contributed by atoms with Gasteiger partial charge < -0.3 is 4.57 Å². The second-order valence-corrected chi connectivity index (χ2v) is 17.2. The van der Waals surface area contributed by atoms with Crippen LogP contribution in [0, 0.1) is 6.92 Å². The molecule has 0 N–H and O–H groups in total. The number of para-hydroxylation sites is 1. The monoisotopic (exact) mass is 688 g/mol. The third-order valence-electron chi connectivity index (χ3n) is 10.7. The normalized spacial score (nSPS) is 15.3. The zero-order valence-electron chi connectivity index (χ0n) is 27.7. The minimum Gasteiger partial charge on any atom is -0.308 e. The van der Waals surface area contributed by atoms with Crippen molar-refractivity contribution in [1.82, 2.24) is 9.55 Å². The van der Waals surface area contributed by atoms with Gasteiger partial charge in [0.15, 0.2) is 7.14 Å². The molecule has 0 spiro atoms. The van der Waals surface area contributed by atoms with Crippen LogP contribution in [0.5, 0.6) is 0 Å². The molecule has 0 fully saturated rings. The summed E-state index contributed by atoms with van der Waals surface area (Å²) in [5.41, 5.74) is 7.41. The second kappa shape index (κ2) is 10.6. The molecule has 10 aromatic rings. The SMILES string of the molecule is Cc1nc2cccc3c2n1-c1ccc(-c2c4ccccc4c(-c4ccc5c(c4)sc4ccccc45)c4ccccc24)cc1P3(=O)c1ccccc1. The highest BCUT2D eigenvalue weighted by molar-refractivity contribution is 7.86. The lowest BCUT2D eigenvalue weighted by molar-refractivity contribution is 0.592. The van der Waals surface area contributed by atoms with Crippen molar-refractivity contribution in [3.05, 3.63) is 164 Å². The molecule has 0 amide bonds. The molecule has 2 aromatic heterocycles. The summed E-state index contributed by atoms with van der Waals surface area (Å²) in [7, 11) is -3.27. The number of thiophene rings is 1. The maximum absolute atomic E-state index is 16.0. The highest BCUT2D eigenvalue weighted by Gasteiger charge is 2.39. The lowest BCUT2D eigenvalue weighted by Crippen LogP contribution is -2.33. The van der Waals surface area contributed by atoms with Gasteiger partial charge in [0.1, 0.15) is 5.82 Å². The summed E-state index contributed by atoms with van der Waals surface area (Å²) in [6, 6.07) is 55.8. The van der Waals surface area contributed by atoms with Crippen LogP contribution in [0.15, 0.2) is 158 Å². The Kier molecular flexibility index (Phi) is 6.03. The molecule has 0 saturated carbocycles. The summed E-state index contributed by atoms with van der Waals surface area (Å²) in [5, 5.41) is 9.89. The summed E-state index contributed by atoms with van der Waals surface area (Å²) in [5.74, 6) is 0.890. The van der Waals surface area contributed by atoms with Crippen molar-refractivity contribution in [2.75, 3.05) is 0 Å². The molecule has 0 saturated heterocycles. The third-order valence-corrected chi connectivity index (χ3v) is 15.0. The van der Waals surface area contributed by atoms with E-state index >= 15 is 4.57 Å². The predicted octanol–water partition coefficient (Wildman–Crippen LogP) is 11.3. The Hall–Kier alpha value is -5.80. The summed E-state index contributed by atoms with van der Waals surface area (Å²) in [6.45, 7) is 2.04. The number of benzene rings is 8. The minimum absolute atomic E-state index is 0.836. The summed E-state index contributed by atoms with van der Waals surface area (Å²) >= 11 is 1.85. The summed E-state index contributed by atoms with van der Waals surface area (Å²) in [6.07, 6.45) is 0. The smallest absolute Gasteiger partial charge is 0.175 e. The zero-order valence-corrected chi connectivity index (χ0v) is 29.4. The van der Waals surface area contributed by atoms with E-state index in [9.17, 15) is 0 Å². The van der Waals surface area contributed by atoms with E-state index in [1.54, 1.807) is 0 Å². The standard InChI is InChI=1S/C46H29N2OPS/c1-28-47-38-19-11-20-40-46(38)48(28)39-25-23-29(26-41(39)50(40,49)31-12-3-2-4-13-31)44-34-15-5-7-17-36(34)45(37-18-8-6-16-35(37)44)30-22-24-33-32-14-9-10-21-42(32)51-43(33)27-30/h2-27H,1H3. The molecular formula is C46H29N2OPS. The lowest BCUT2D eigenvalue weighted by Gasteiger charge is -2.29. The first kappa shape index (κ1) is 29.0. The van der Waals surface area contributed by atoms with E-state index in [-0.39, 0.29) is 0 Å². The Balaban J connectivity index is 1.21. The second-order valence-electron chi connectivity index (χ2n) is 13.4. The van der Waals surface area contributed by atoms with Crippen molar-refractivity contribution in [3.63, 3.8) is 0 Å². The number of fused-ring (bicyclic) bond motifs is 7. The Morgan fingerprint density at radius 3 is 1.82 bits per heavy atom. The van der Waals surface area contributed by atoms with Crippen LogP contribution in [0.4, 0.5) is 0 Å². The number of hydrogen-bond acceptors (Lipinski definition) is 3. The van der Waals surface area contributed by atoms with Crippen LogP contribution >= 0.6 is 18.5 Å². The van der Waals surface area contributed by atoms with Gasteiger partial charge in [-0.1, -0.05) is 121 Å². The first-order valence-electron chi connectivity index (χ1n) is 17.2. The van der Waals surface area contributed by atoms with Crippen LogP contribution in [0.3, 0.4) is 0 Å². The molecule has 1 unspecified atom stereocenters. The van der Waals surface area contributed by atoms with Crippen LogP contribution in [-0.4, -0.2) is 9.55 Å². The van der Waals surface area contributed by atoms with Crippen molar-refractivity contribution in [2.24, 2.45) is 0 Å². The van der Waals surface area contributed by atoms with E-state index in [1.807, 2.05) is 66.8 Å². The largest absolute Gasteiger partial charge is 0.308 e. The molecule has 51 heavy (non-hydrogen) atoms. The fourth-order valence-corrected chi connectivity index (χ4v) is 12.8. The molecule has 3 heterocycles. The summed E-state index contributed by atoms with van der Waals surface area (Å²) < 4.78 is 20.8. The van der Waals surface area contributed by atoms with Gasteiger partial charge in [0.25, 0.3) is 0 Å². The van der Waals surface area contributed by atoms with E-state index in [1.165, 1.54) is 52.8 Å². The Morgan fingerprint density at radius 1 is 0.529 bits per heavy atom. The van der Waals surface area contributed by atoms with Gasteiger partial charge in [0.2, 0.25) is 0 Å². The number of imidazole rings is 1. The van der Waals surface area contributed by atoms with Crippen molar-refractivity contribution < 1.29 is 4.57 Å². The van der Waals surface area contributed by atoms with Gasteiger partial charge in [0.05, 0.1) is 16.7 Å². The Bertz CT molecular complexity index is 3080. The van der Waals surface area contributed by atoms with Crippen molar-refractivity contribution in [1.29, 1.82) is 0 Å². The number of aromatic nitrogens is 2. The minimum atomic E-state index is -3.27. The fourth-order valence-electron chi connectivity index (χ4n) is 8.57. The van der Waals surface area contributed by atoms with E-state index in [4.69, 9.17) is 4.98 Å². The number of hydrogen-bond donors (Lipinski definition) is 0. The quantitative estimate of drug-likeness (QED) is 0.137. The zero-order chi connectivity index (χ0) is 33.8. The molecule has 1 atom stereocenters. The van der Waals surface area contributed by atoms with Gasteiger partial charge in [-0.25, -0.2) is 4.98 Å². The topological polar surface area (TPSA) is 34.9 Å². The third kappa shape index (κ3) is 3.95. The molecule has 5 heteroatoms. The molecule has 3 nitrogen and oxygen atoms in total. The van der Waals surface area contributed by atoms with Crippen molar-refractivity contribution >= 4 is 87.1 Å². The average molecular weight is 689 g/mol. The molecule has 11 rings (SSSR count). The molecule has 0 bridgehead atoms. The Morgan fingerprint density at radius 2 is 1.12 bits per heavy atom. The first-order chi connectivity index (χ1) is 25.1. The number of rotatable bonds is 3. The van der Waals surface area contributed by atoms with Crippen LogP contribution in [0.25, 0.3) is 80.7 Å². The van der Waals surface area contributed by atoms with E-state index < -0.39 is 7.14 Å². The Labute approximate surface area is 298 Å². The highest BCUT2D eigenvalue weighted by Crippen LogP contribution is 2.51. The van der Waals surface area contributed by atoms with Crippen LogP contribution < -0.4 is 15.9 Å². The maximum Gasteiger partial charge on any atom is 0.175 e. The van der Waals surface area contributed by atoms with Gasteiger partial charge in [-0.3, -0.25) is 4.57 Å². The van der Waals surface area contributed by atoms with Crippen LogP contribution in [-0.2, 0) is 4.57 Å². The van der Waals surface area contributed by atoms with Gasteiger partial charge in [-0.05, 0) is 87.1 Å². The van der Waals surface area contributed by atoms with Gasteiger partial charge in [0, 0.05) is 36.1 Å². The molecule has 1 aliphatic heterocycles. The molecule has 1 aliphatic rings. The molecular weight excluding hydrogens is 660 g/mol. The van der Waals surface area contributed by atoms with Gasteiger partial charge >= 0.3 is 0 Å². The van der Waals surface area contributed by atoms with E-state index in [0.717, 1.165) is 49.6 Å². The van der Waals surface area contributed by atoms with Crippen LogP contribution in [0.2, 0.25) is 0 Å². The highest BCUT2D eigenvalue weighted by atomic mass is 32.1. The van der Waals surface area contributed by atoms with Gasteiger partial charge in [-0.15, -0.1) is 11.3 Å². The lowest BCUT2D eigenvalue weighted by atomic mass is 9.86. The number of aryl methyl sites for hydroxylation is 1. The van der Waals surface area contributed by atoms with E-state index in [2.05, 4.69) is 114 Å². The first-order valence-corrected chi connectivity index (χ1v) is 19.8. The number of nitrogens with zero attached hydrogens (tertiary/aromatic N) is 2. The summed E-state index contributed by atoms with van der Waals surface area (Å²) in [4.78, 5) is 4.92. The van der Waals surface area contributed by atoms with Gasteiger partial charge in [-0.2, -0.15) is 0 Å². The van der Waals surface area contributed by atoms with Crippen molar-refractivity contribution in [2.45, 2.75) is 6.92 Å². The molecule has 0 radical (unpaired) electrons. The molecule has 8 aromatic carbocycles.